The van der Waals surface area contributed by atoms with Gasteiger partial charge in [-0.25, -0.2) is 9.37 Å². The first-order chi connectivity index (χ1) is 10.2. The molecule has 1 aromatic heterocycles. The first-order valence-corrected chi connectivity index (χ1v) is 6.60. The summed E-state index contributed by atoms with van der Waals surface area (Å²) >= 11 is 0. The van der Waals surface area contributed by atoms with Crippen LogP contribution in [0.2, 0.25) is 0 Å². The van der Waals surface area contributed by atoms with Gasteiger partial charge in [0.15, 0.2) is 11.6 Å². The van der Waals surface area contributed by atoms with Gasteiger partial charge in [0.2, 0.25) is 5.88 Å². The summed E-state index contributed by atoms with van der Waals surface area (Å²) < 4.78 is 19.4. The number of hydrogen-bond donors (Lipinski definition) is 1. The Morgan fingerprint density at radius 3 is 2.67 bits per heavy atom. The molecule has 3 nitrogen and oxygen atoms in total. The number of hydrogen-bond acceptors (Lipinski definition) is 3. The minimum absolute atomic E-state index is 0.105. The van der Waals surface area contributed by atoms with Crippen LogP contribution in [-0.4, -0.2) is 10.1 Å². The molecular formula is C17H14FNO2. The van der Waals surface area contributed by atoms with E-state index in [1.807, 2.05) is 31.2 Å². The van der Waals surface area contributed by atoms with E-state index in [4.69, 9.17) is 4.74 Å². The van der Waals surface area contributed by atoms with Crippen LogP contribution in [0.4, 0.5) is 4.39 Å². The Labute approximate surface area is 121 Å². The lowest BCUT2D eigenvalue weighted by Gasteiger charge is -2.11. The number of fused-ring (bicyclic) bond motifs is 1. The molecule has 0 atom stereocenters. The topological polar surface area (TPSA) is 42.4 Å². The molecule has 106 valence electrons. The number of rotatable bonds is 3. The Hall–Kier alpha value is -2.46. The molecule has 0 saturated carbocycles. The Morgan fingerprint density at radius 2 is 1.90 bits per heavy atom. The number of ether oxygens (including phenoxy) is 1. The number of halogens is 1. The third-order valence-corrected chi connectivity index (χ3v) is 3.30. The van der Waals surface area contributed by atoms with Gasteiger partial charge in [-0.2, -0.15) is 0 Å². The average molecular weight is 283 g/mol. The van der Waals surface area contributed by atoms with Crippen molar-refractivity contribution in [3.63, 3.8) is 0 Å². The van der Waals surface area contributed by atoms with Gasteiger partial charge in [0.1, 0.15) is 0 Å². The first-order valence-electron chi connectivity index (χ1n) is 6.60. The number of aliphatic hydroxyl groups excluding tert-OH is 1. The minimum Gasteiger partial charge on any atom is -0.435 e. The van der Waals surface area contributed by atoms with Crippen LogP contribution in [0.5, 0.6) is 11.6 Å². The molecule has 1 N–H and O–H groups in total. The molecule has 0 aliphatic heterocycles. The molecule has 0 aliphatic rings. The monoisotopic (exact) mass is 283 g/mol. The first kappa shape index (κ1) is 13.5. The highest BCUT2D eigenvalue weighted by molar-refractivity contribution is 5.89. The molecule has 1 heterocycles. The van der Waals surface area contributed by atoms with Crippen molar-refractivity contribution < 1.29 is 14.2 Å². The highest BCUT2D eigenvalue weighted by atomic mass is 19.1. The van der Waals surface area contributed by atoms with E-state index in [0.29, 0.717) is 11.4 Å². The molecule has 0 bridgehead atoms. The maximum absolute atomic E-state index is 13.8. The van der Waals surface area contributed by atoms with Gasteiger partial charge in [0.25, 0.3) is 0 Å². The molecular weight excluding hydrogens is 269 g/mol. The van der Waals surface area contributed by atoms with Crippen molar-refractivity contribution >= 4 is 10.8 Å². The molecule has 3 aromatic rings. The van der Waals surface area contributed by atoms with Crippen molar-refractivity contribution in [2.75, 3.05) is 0 Å². The normalized spacial score (nSPS) is 10.8. The number of pyridine rings is 1. The summed E-state index contributed by atoms with van der Waals surface area (Å²) in [5.41, 5.74) is 1.62. The minimum atomic E-state index is -0.433. The summed E-state index contributed by atoms with van der Waals surface area (Å²) in [6.07, 6.45) is 1.55. The van der Waals surface area contributed by atoms with Gasteiger partial charge in [-0.05, 0) is 36.1 Å². The van der Waals surface area contributed by atoms with E-state index in [1.165, 1.54) is 6.07 Å². The van der Waals surface area contributed by atoms with Crippen LogP contribution in [0.1, 0.15) is 11.1 Å². The number of nitrogens with zero attached hydrogens (tertiary/aromatic N) is 1. The third-order valence-electron chi connectivity index (χ3n) is 3.30. The van der Waals surface area contributed by atoms with Crippen molar-refractivity contribution in [3.05, 3.63) is 65.6 Å². The van der Waals surface area contributed by atoms with Crippen molar-refractivity contribution in [2.24, 2.45) is 0 Å². The highest BCUT2D eigenvalue weighted by Gasteiger charge is 2.11. The quantitative estimate of drug-likeness (QED) is 0.791. The molecule has 0 radical (unpaired) electrons. The maximum Gasteiger partial charge on any atom is 0.227 e. The number of aromatic nitrogens is 1. The van der Waals surface area contributed by atoms with Crippen LogP contribution < -0.4 is 4.74 Å². The van der Waals surface area contributed by atoms with Crippen molar-refractivity contribution in [1.82, 2.24) is 4.98 Å². The predicted molar refractivity (Wildman–Crippen MR) is 78.9 cm³/mol. The summed E-state index contributed by atoms with van der Waals surface area (Å²) in [6, 6.07) is 12.1. The fourth-order valence-electron chi connectivity index (χ4n) is 2.23. The number of benzene rings is 2. The van der Waals surface area contributed by atoms with E-state index in [2.05, 4.69) is 4.98 Å². The van der Waals surface area contributed by atoms with Crippen LogP contribution in [0.3, 0.4) is 0 Å². The number of aliphatic hydroxyl groups is 1. The number of aryl methyl sites for hydroxylation is 1. The Bertz CT molecular complexity index is 802. The fourth-order valence-corrected chi connectivity index (χ4v) is 2.23. The second-order valence-corrected chi connectivity index (χ2v) is 4.83. The van der Waals surface area contributed by atoms with E-state index in [-0.39, 0.29) is 12.4 Å². The Morgan fingerprint density at radius 1 is 1.14 bits per heavy atom. The van der Waals surface area contributed by atoms with Gasteiger partial charge in [0, 0.05) is 17.1 Å². The SMILES string of the molecule is Cc1ccc(F)c(Oc2ncc(CO)c3ccccc23)c1. The van der Waals surface area contributed by atoms with Crippen molar-refractivity contribution in [1.29, 1.82) is 0 Å². The second kappa shape index (κ2) is 5.50. The molecule has 0 saturated heterocycles. The average Bonchev–Trinajstić information content (AvgIpc) is 2.51. The summed E-state index contributed by atoms with van der Waals surface area (Å²) in [4.78, 5) is 4.19. The molecule has 0 amide bonds. The molecule has 4 heteroatoms. The van der Waals surface area contributed by atoms with Crippen LogP contribution >= 0.6 is 0 Å². The summed E-state index contributed by atoms with van der Waals surface area (Å²) in [5.74, 6) is 0.0365. The van der Waals surface area contributed by atoms with Crippen molar-refractivity contribution in [2.45, 2.75) is 13.5 Å². The second-order valence-electron chi connectivity index (χ2n) is 4.83. The van der Waals surface area contributed by atoms with E-state index in [0.717, 1.165) is 16.3 Å². The Balaban J connectivity index is 2.11. The van der Waals surface area contributed by atoms with Crippen LogP contribution in [-0.2, 0) is 6.61 Å². The van der Waals surface area contributed by atoms with Crippen LogP contribution in [0.25, 0.3) is 10.8 Å². The lowest BCUT2D eigenvalue weighted by atomic mass is 10.1. The van der Waals surface area contributed by atoms with Gasteiger partial charge in [-0.15, -0.1) is 0 Å². The fraction of sp³-hybridized carbons (Fsp3) is 0.118. The van der Waals surface area contributed by atoms with Gasteiger partial charge < -0.3 is 9.84 Å². The predicted octanol–water partition coefficient (Wildman–Crippen LogP) is 3.97. The van der Waals surface area contributed by atoms with E-state index in [9.17, 15) is 9.50 Å². The summed E-state index contributed by atoms with van der Waals surface area (Å²) in [6.45, 7) is 1.76. The molecule has 0 spiro atoms. The molecule has 2 aromatic carbocycles. The molecule has 21 heavy (non-hydrogen) atoms. The van der Waals surface area contributed by atoms with Crippen LogP contribution in [0, 0.1) is 12.7 Å². The standard InChI is InChI=1S/C17H14FNO2/c1-11-6-7-15(18)16(8-11)21-17-14-5-3-2-4-13(14)12(10-20)9-19-17/h2-9,20H,10H2,1H3. The molecule has 0 unspecified atom stereocenters. The summed E-state index contributed by atoms with van der Waals surface area (Å²) in [5, 5.41) is 10.9. The molecule has 3 rings (SSSR count). The van der Waals surface area contributed by atoms with Crippen molar-refractivity contribution in [3.8, 4) is 11.6 Å². The summed E-state index contributed by atoms with van der Waals surface area (Å²) in [7, 11) is 0. The van der Waals surface area contributed by atoms with E-state index < -0.39 is 5.82 Å². The zero-order chi connectivity index (χ0) is 14.8. The highest BCUT2D eigenvalue weighted by Crippen LogP contribution is 2.31. The largest absolute Gasteiger partial charge is 0.435 e. The smallest absolute Gasteiger partial charge is 0.227 e. The van der Waals surface area contributed by atoms with Gasteiger partial charge >= 0.3 is 0 Å². The van der Waals surface area contributed by atoms with Gasteiger partial charge in [0.05, 0.1) is 6.61 Å². The van der Waals surface area contributed by atoms with Gasteiger partial charge in [-0.3, -0.25) is 0 Å². The van der Waals surface area contributed by atoms with E-state index >= 15 is 0 Å². The zero-order valence-electron chi connectivity index (χ0n) is 11.5. The maximum atomic E-state index is 13.8. The zero-order valence-corrected chi connectivity index (χ0v) is 11.5. The van der Waals surface area contributed by atoms with E-state index in [1.54, 1.807) is 18.3 Å². The lowest BCUT2D eigenvalue weighted by Crippen LogP contribution is -1.95. The molecule has 0 fully saturated rings. The van der Waals surface area contributed by atoms with Crippen LogP contribution in [0.15, 0.2) is 48.7 Å². The molecule has 0 aliphatic carbocycles. The Kier molecular flexibility index (Phi) is 3.54. The third kappa shape index (κ3) is 2.58. The van der Waals surface area contributed by atoms with Gasteiger partial charge in [-0.1, -0.05) is 24.3 Å². The lowest BCUT2D eigenvalue weighted by molar-refractivity contribution is 0.282.